The highest BCUT2D eigenvalue weighted by Crippen LogP contribution is 2.28. The maximum absolute atomic E-state index is 12.0. The summed E-state index contributed by atoms with van der Waals surface area (Å²) < 4.78 is 4.96. The Bertz CT molecular complexity index is 694. The number of nitrogens with one attached hydrogen (secondary N) is 2. The number of anilines is 1. The number of rotatable bonds is 2. The molecule has 0 unspecified atom stereocenters. The summed E-state index contributed by atoms with van der Waals surface area (Å²) in [5, 5.41) is 11.8. The highest BCUT2D eigenvalue weighted by atomic mass is 16.5. The number of benzene rings is 1. The lowest BCUT2D eigenvalue weighted by Gasteiger charge is -2.33. The molecule has 2 aromatic rings. The molecule has 3 rings (SSSR count). The Balaban J connectivity index is 1.85. The summed E-state index contributed by atoms with van der Waals surface area (Å²) in [6, 6.07) is 7.42. The zero-order valence-corrected chi connectivity index (χ0v) is 10.4. The van der Waals surface area contributed by atoms with Gasteiger partial charge in [-0.05, 0) is 25.1 Å². The average molecular weight is 256 g/mol. The van der Waals surface area contributed by atoms with Crippen molar-refractivity contribution in [1.29, 1.82) is 5.26 Å². The van der Waals surface area contributed by atoms with E-state index in [-0.39, 0.29) is 19.1 Å². The van der Waals surface area contributed by atoms with E-state index in [0.717, 1.165) is 16.9 Å². The largest absolute Gasteiger partial charge is 0.377 e. The predicted molar refractivity (Wildman–Crippen MR) is 68.3 cm³/mol. The molecule has 1 aromatic heterocycles. The van der Waals surface area contributed by atoms with Crippen molar-refractivity contribution >= 4 is 22.6 Å². The zero-order valence-electron chi connectivity index (χ0n) is 10.4. The lowest BCUT2D eigenvalue weighted by Crippen LogP contribution is -2.50. The van der Waals surface area contributed by atoms with Crippen molar-refractivity contribution in [3.63, 3.8) is 0 Å². The minimum Gasteiger partial charge on any atom is -0.377 e. The van der Waals surface area contributed by atoms with Gasteiger partial charge in [0.1, 0.15) is 5.82 Å². The number of amides is 1. The second-order valence-corrected chi connectivity index (χ2v) is 4.69. The number of carbonyl (C=O) groups is 1. The van der Waals surface area contributed by atoms with Crippen molar-refractivity contribution in [2.24, 2.45) is 5.41 Å². The molecule has 0 atom stereocenters. The third-order valence-electron chi connectivity index (χ3n) is 3.20. The molecule has 1 amide bonds. The van der Waals surface area contributed by atoms with Gasteiger partial charge >= 0.3 is 0 Å². The Kier molecular flexibility index (Phi) is 2.50. The molecule has 2 N–H and O–H groups in total. The lowest BCUT2D eigenvalue weighted by molar-refractivity contribution is -0.144. The van der Waals surface area contributed by atoms with Gasteiger partial charge in [0.05, 0.1) is 30.3 Å². The molecule has 0 radical (unpaired) electrons. The van der Waals surface area contributed by atoms with E-state index in [2.05, 4.69) is 15.3 Å². The van der Waals surface area contributed by atoms with Crippen LogP contribution < -0.4 is 5.32 Å². The first-order valence-corrected chi connectivity index (χ1v) is 5.90. The highest BCUT2D eigenvalue weighted by Gasteiger charge is 2.46. The standard InChI is InChI=1S/C13H12N4O2/c1-8-15-10-3-2-9(4-11(10)16-8)17-12(18)13(5-14)6-19-7-13/h2-4H,6-7H2,1H3,(H,15,16)(H,17,18). The minimum absolute atomic E-state index is 0.154. The molecule has 6 nitrogen and oxygen atoms in total. The molecule has 0 spiro atoms. The van der Waals surface area contributed by atoms with Gasteiger partial charge < -0.3 is 15.0 Å². The van der Waals surface area contributed by atoms with Crippen LogP contribution in [0.2, 0.25) is 0 Å². The van der Waals surface area contributed by atoms with Gasteiger partial charge in [0.15, 0.2) is 5.41 Å². The second kappa shape index (κ2) is 4.07. The van der Waals surface area contributed by atoms with Crippen LogP contribution in [0.25, 0.3) is 11.0 Å². The van der Waals surface area contributed by atoms with Crippen LogP contribution in [0.5, 0.6) is 0 Å². The van der Waals surface area contributed by atoms with E-state index in [4.69, 9.17) is 10.00 Å². The van der Waals surface area contributed by atoms with Crippen LogP contribution in [0, 0.1) is 23.7 Å². The number of nitriles is 1. The van der Waals surface area contributed by atoms with Gasteiger partial charge in [-0.25, -0.2) is 4.98 Å². The number of fused-ring (bicyclic) bond motifs is 1. The van der Waals surface area contributed by atoms with E-state index in [1.807, 2.05) is 19.1 Å². The number of nitrogens with zero attached hydrogens (tertiary/aromatic N) is 2. The molecule has 0 bridgehead atoms. The summed E-state index contributed by atoms with van der Waals surface area (Å²) in [6.45, 7) is 2.18. The van der Waals surface area contributed by atoms with Crippen molar-refractivity contribution in [3.8, 4) is 6.07 Å². The van der Waals surface area contributed by atoms with Crippen LogP contribution in [0.1, 0.15) is 5.82 Å². The monoisotopic (exact) mass is 256 g/mol. The number of hydrogen-bond donors (Lipinski definition) is 2. The van der Waals surface area contributed by atoms with Crippen molar-refractivity contribution in [3.05, 3.63) is 24.0 Å². The van der Waals surface area contributed by atoms with E-state index < -0.39 is 5.41 Å². The molecule has 1 aromatic carbocycles. The SMILES string of the molecule is Cc1nc2ccc(NC(=O)C3(C#N)COC3)cc2[nH]1. The van der Waals surface area contributed by atoms with Gasteiger partial charge in [-0.3, -0.25) is 4.79 Å². The molecule has 1 aliphatic heterocycles. The number of H-pyrrole nitrogens is 1. The number of imidazole rings is 1. The number of aromatic nitrogens is 2. The van der Waals surface area contributed by atoms with Crippen LogP contribution in [0.15, 0.2) is 18.2 Å². The molecule has 96 valence electrons. The van der Waals surface area contributed by atoms with Gasteiger partial charge in [0.2, 0.25) is 5.91 Å². The molecule has 1 saturated heterocycles. The van der Waals surface area contributed by atoms with Crippen molar-refractivity contribution in [1.82, 2.24) is 9.97 Å². The highest BCUT2D eigenvalue weighted by molar-refractivity contribution is 5.99. The van der Waals surface area contributed by atoms with Crippen LogP contribution in [0.3, 0.4) is 0 Å². The predicted octanol–water partition coefficient (Wildman–Crippen LogP) is 1.35. The smallest absolute Gasteiger partial charge is 0.249 e. The van der Waals surface area contributed by atoms with Crippen LogP contribution in [-0.4, -0.2) is 29.1 Å². The number of ether oxygens (including phenoxy) is 1. The molecule has 19 heavy (non-hydrogen) atoms. The fourth-order valence-corrected chi connectivity index (χ4v) is 2.02. The first-order chi connectivity index (χ1) is 9.13. The molecule has 0 saturated carbocycles. The first-order valence-electron chi connectivity index (χ1n) is 5.90. The summed E-state index contributed by atoms with van der Waals surface area (Å²) in [6.07, 6.45) is 0. The number of carbonyl (C=O) groups excluding carboxylic acids is 1. The fraction of sp³-hybridized carbons (Fsp3) is 0.308. The molecular formula is C13H12N4O2. The van der Waals surface area contributed by atoms with E-state index >= 15 is 0 Å². The Morgan fingerprint density at radius 3 is 3.00 bits per heavy atom. The zero-order chi connectivity index (χ0) is 13.5. The molecule has 1 aliphatic rings. The van der Waals surface area contributed by atoms with E-state index in [1.54, 1.807) is 12.1 Å². The summed E-state index contributed by atoms with van der Waals surface area (Å²) in [5.74, 6) is 0.496. The molecule has 6 heteroatoms. The summed E-state index contributed by atoms with van der Waals surface area (Å²) in [5.41, 5.74) is 1.30. The number of aromatic amines is 1. The van der Waals surface area contributed by atoms with Gasteiger partial charge in [-0.1, -0.05) is 0 Å². The van der Waals surface area contributed by atoms with Crippen LogP contribution >= 0.6 is 0 Å². The normalized spacial score (nSPS) is 16.6. The van der Waals surface area contributed by atoms with Crippen molar-refractivity contribution in [2.45, 2.75) is 6.92 Å². The van der Waals surface area contributed by atoms with Crippen molar-refractivity contribution in [2.75, 3.05) is 18.5 Å². The second-order valence-electron chi connectivity index (χ2n) is 4.69. The lowest BCUT2D eigenvalue weighted by atomic mass is 9.87. The third kappa shape index (κ3) is 1.84. The number of hydrogen-bond acceptors (Lipinski definition) is 4. The van der Waals surface area contributed by atoms with Gasteiger partial charge in [0.25, 0.3) is 0 Å². The minimum atomic E-state index is -1.04. The van der Waals surface area contributed by atoms with E-state index in [1.165, 1.54) is 0 Å². The fourth-order valence-electron chi connectivity index (χ4n) is 2.02. The van der Waals surface area contributed by atoms with Crippen LogP contribution in [0.4, 0.5) is 5.69 Å². The molecule has 0 aliphatic carbocycles. The van der Waals surface area contributed by atoms with Crippen molar-refractivity contribution < 1.29 is 9.53 Å². The van der Waals surface area contributed by atoms with Gasteiger partial charge in [-0.15, -0.1) is 0 Å². The topological polar surface area (TPSA) is 90.8 Å². The molecule has 2 heterocycles. The third-order valence-corrected chi connectivity index (χ3v) is 3.20. The first kappa shape index (κ1) is 11.7. The van der Waals surface area contributed by atoms with Crippen LogP contribution in [-0.2, 0) is 9.53 Å². The Morgan fingerprint density at radius 2 is 2.37 bits per heavy atom. The Morgan fingerprint density at radius 1 is 1.58 bits per heavy atom. The maximum atomic E-state index is 12.0. The number of aryl methyl sites for hydroxylation is 1. The van der Waals surface area contributed by atoms with Gasteiger partial charge in [-0.2, -0.15) is 5.26 Å². The summed E-state index contributed by atoms with van der Waals surface area (Å²) >= 11 is 0. The summed E-state index contributed by atoms with van der Waals surface area (Å²) in [4.78, 5) is 19.4. The van der Waals surface area contributed by atoms with E-state index in [0.29, 0.717) is 5.69 Å². The maximum Gasteiger partial charge on any atom is 0.249 e. The quantitative estimate of drug-likeness (QED) is 0.848. The Labute approximate surface area is 109 Å². The summed E-state index contributed by atoms with van der Waals surface area (Å²) in [7, 11) is 0. The van der Waals surface area contributed by atoms with E-state index in [9.17, 15) is 4.79 Å². The van der Waals surface area contributed by atoms with Gasteiger partial charge in [0, 0.05) is 5.69 Å². The Hall–Kier alpha value is -2.39. The molecule has 1 fully saturated rings. The average Bonchev–Trinajstić information content (AvgIpc) is 2.67. The molecular weight excluding hydrogens is 244 g/mol.